The van der Waals surface area contributed by atoms with Crippen LogP contribution < -0.4 is 4.74 Å². The largest absolute Gasteiger partial charge is 0.491 e. The van der Waals surface area contributed by atoms with Gasteiger partial charge in [-0.15, -0.1) is 0 Å². The molecule has 0 bridgehead atoms. The second kappa shape index (κ2) is 7.36. The maximum atomic E-state index is 9.06. The van der Waals surface area contributed by atoms with E-state index >= 15 is 0 Å². The fourth-order valence-electron chi connectivity index (χ4n) is 1.40. The van der Waals surface area contributed by atoms with Gasteiger partial charge in [0.25, 0.3) is 0 Å². The molecule has 0 saturated heterocycles. The van der Waals surface area contributed by atoms with Crippen LogP contribution in [0.15, 0.2) is 21.1 Å². The molecule has 0 amide bonds. The Hall–Kier alpha value is -0.100. The van der Waals surface area contributed by atoms with Crippen molar-refractivity contribution < 1.29 is 9.84 Å². The maximum Gasteiger partial charge on any atom is 0.147 e. The molecule has 0 heterocycles. The molecule has 5 heteroatoms. The number of halogens is 2. The fourth-order valence-corrected chi connectivity index (χ4v) is 2.91. The third kappa shape index (κ3) is 4.95. The number of ether oxygens (including phenoxy) is 1. The van der Waals surface area contributed by atoms with Crippen molar-refractivity contribution in [1.29, 1.82) is 0 Å². The zero-order valence-electron chi connectivity index (χ0n) is 10.0. The predicted octanol–water partition coefficient (Wildman–Crippen LogP) is 3.03. The summed E-state index contributed by atoms with van der Waals surface area (Å²) >= 11 is 6.89. The standard InChI is InChI=1S/C12H17Br2NO2/c1-15(2)4-3-5-17-12-10(13)6-9(8-16)7-11(12)14/h6-7,16H,3-5,8H2,1-2H3. The number of benzene rings is 1. The van der Waals surface area contributed by atoms with Gasteiger partial charge in [0.2, 0.25) is 0 Å². The molecule has 1 aromatic rings. The fraction of sp³-hybridized carbons (Fsp3) is 0.500. The van der Waals surface area contributed by atoms with E-state index in [-0.39, 0.29) is 6.61 Å². The van der Waals surface area contributed by atoms with Crippen LogP contribution in [0.4, 0.5) is 0 Å². The van der Waals surface area contributed by atoms with Gasteiger partial charge in [-0.1, -0.05) is 0 Å². The Bertz CT molecular complexity index is 347. The van der Waals surface area contributed by atoms with Gasteiger partial charge in [-0.05, 0) is 70.1 Å². The van der Waals surface area contributed by atoms with Crippen LogP contribution in [0, 0.1) is 0 Å². The van der Waals surface area contributed by atoms with E-state index < -0.39 is 0 Å². The van der Waals surface area contributed by atoms with Crippen molar-refractivity contribution in [3.05, 3.63) is 26.6 Å². The summed E-state index contributed by atoms with van der Waals surface area (Å²) in [4.78, 5) is 2.13. The molecule has 0 aromatic heterocycles. The first-order valence-electron chi connectivity index (χ1n) is 5.41. The minimum absolute atomic E-state index is 0.0259. The summed E-state index contributed by atoms with van der Waals surface area (Å²) in [5.74, 6) is 0.793. The molecule has 96 valence electrons. The summed E-state index contributed by atoms with van der Waals surface area (Å²) in [6.45, 7) is 1.70. The van der Waals surface area contributed by atoms with Crippen LogP contribution in [-0.2, 0) is 6.61 Å². The topological polar surface area (TPSA) is 32.7 Å². The predicted molar refractivity (Wildman–Crippen MR) is 76.4 cm³/mol. The van der Waals surface area contributed by atoms with Gasteiger partial charge in [-0.3, -0.25) is 0 Å². The average molecular weight is 367 g/mol. The van der Waals surface area contributed by atoms with E-state index in [9.17, 15) is 0 Å². The molecule has 17 heavy (non-hydrogen) atoms. The first-order valence-corrected chi connectivity index (χ1v) is 6.99. The highest BCUT2D eigenvalue weighted by molar-refractivity contribution is 9.11. The minimum atomic E-state index is 0.0259. The Morgan fingerprint density at radius 2 is 1.82 bits per heavy atom. The molecular formula is C12H17Br2NO2. The highest BCUT2D eigenvalue weighted by Crippen LogP contribution is 2.34. The van der Waals surface area contributed by atoms with Gasteiger partial charge in [0.05, 0.1) is 22.2 Å². The quantitative estimate of drug-likeness (QED) is 0.785. The van der Waals surface area contributed by atoms with Gasteiger partial charge in [-0.2, -0.15) is 0 Å². The van der Waals surface area contributed by atoms with Gasteiger partial charge in [0.1, 0.15) is 5.75 Å². The summed E-state index contributed by atoms with van der Waals surface area (Å²) < 4.78 is 7.44. The number of aliphatic hydroxyl groups is 1. The van der Waals surface area contributed by atoms with E-state index in [1.165, 1.54) is 0 Å². The Balaban J connectivity index is 2.59. The molecule has 0 atom stereocenters. The second-order valence-corrected chi connectivity index (χ2v) is 5.76. The molecular weight excluding hydrogens is 350 g/mol. The minimum Gasteiger partial charge on any atom is -0.491 e. The van der Waals surface area contributed by atoms with Crippen LogP contribution in [0.2, 0.25) is 0 Å². The summed E-state index contributed by atoms with van der Waals surface area (Å²) in [6.07, 6.45) is 0.980. The van der Waals surface area contributed by atoms with Gasteiger partial charge in [0.15, 0.2) is 0 Å². The van der Waals surface area contributed by atoms with Crippen molar-refractivity contribution in [2.75, 3.05) is 27.2 Å². The molecule has 3 nitrogen and oxygen atoms in total. The lowest BCUT2D eigenvalue weighted by Crippen LogP contribution is -2.15. The van der Waals surface area contributed by atoms with Crippen LogP contribution in [0.1, 0.15) is 12.0 Å². The highest BCUT2D eigenvalue weighted by atomic mass is 79.9. The SMILES string of the molecule is CN(C)CCCOc1c(Br)cc(CO)cc1Br. The summed E-state index contributed by atoms with van der Waals surface area (Å²) in [5, 5.41) is 9.06. The third-order valence-electron chi connectivity index (χ3n) is 2.24. The lowest BCUT2D eigenvalue weighted by Gasteiger charge is -2.13. The summed E-state index contributed by atoms with van der Waals surface area (Å²) in [5.41, 5.74) is 0.851. The zero-order chi connectivity index (χ0) is 12.8. The molecule has 1 N–H and O–H groups in total. The number of hydrogen-bond acceptors (Lipinski definition) is 3. The first kappa shape index (κ1) is 15.0. The van der Waals surface area contributed by atoms with E-state index in [0.717, 1.165) is 33.2 Å². The molecule has 0 radical (unpaired) electrons. The molecule has 1 rings (SSSR count). The van der Waals surface area contributed by atoms with Crippen LogP contribution in [0.25, 0.3) is 0 Å². The van der Waals surface area contributed by atoms with Gasteiger partial charge in [-0.25, -0.2) is 0 Å². The zero-order valence-corrected chi connectivity index (χ0v) is 13.2. The van der Waals surface area contributed by atoms with Crippen molar-refractivity contribution in [2.45, 2.75) is 13.0 Å². The molecule has 0 spiro atoms. The number of nitrogens with zero attached hydrogens (tertiary/aromatic N) is 1. The van der Waals surface area contributed by atoms with E-state index in [4.69, 9.17) is 9.84 Å². The van der Waals surface area contributed by atoms with Crippen molar-refractivity contribution in [1.82, 2.24) is 4.90 Å². The van der Waals surface area contributed by atoms with Crippen LogP contribution in [0.5, 0.6) is 5.75 Å². The van der Waals surface area contributed by atoms with Crippen molar-refractivity contribution >= 4 is 31.9 Å². The highest BCUT2D eigenvalue weighted by Gasteiger charge is 2.08. The molecule has 0 saturated carbocycles. The Kier molecular flexibility index (Phi) is 6.48. The maximum absolute atomic E-state index is 9.06. The van der Waals surface area contributed by atoms with Crippen LogP contribution in [-0.4, -0.2) is 37.3 Å². The molecule has 0 unspecified atom stereocenters. The van der Waals surface area contributed by atoms with E-state index in [1.807, 2.05) is 26.2 Å². The van der Waals surface area contributed by atoms with Crippen molar-refractivity contribution in [2.24, 2.45) is 0 Å². The number of hydrogen-bond donors (Lipinski definition) is 1. The second-order valence-electron chi connectivity index (χ2n) is 4.05. The van der Waals surface area contributed by atoms with Gasteiger partial charge < -0.3 is 14.7 Å². The lowest BCUT2D eigenvalue weighted by molar-refractivity contribution is 0.275. The molecule has 0 aliphatic rings. The van der Waals surface area contributed by atoms with E-state index in [2.05, 4.69) is 36.8 Å². The average Bonchev–Trinajstić information content (AvgIpc) is 2.26. The Labute approximate surface area is 119 Å². The monoisotopic (exact) mass is 365 g/mol. The molecule has 0 fully saturated rings. The van der Waals surface area contributed by atoms with E-state index in [1.54, 1.807) is 0 Å². The third-order valence-corrected chi connectivity index (χ3v) is 3.41. The van der Waals surface area contributed by atoms with Crippen molar-refractivity contribution in [3.8, 4) is 5.75 Å². The number of aliphatic hydroxyl groups excluding tert-OH is 1. The number of rotatable bonds is 6. The molecule has 0 aliphatic carbocycles. The smallest absolute Gasteiger partial charge is 0.147 e. The summed E-state index contributed by atoms with van der Waals surface area (Å²) in [7, 11) is 4.09. The van der Waals surface area contributed by atoms with Crippen LogP contribution in [0.3, 0.4) is 0 Å². The first-order chi connectivity index (χ1) is 8.04. The molecule has 0 aliphatic heterocycles. The van der Waals surface area contributed by atoms with Crippen molar-refractivity contribution in [3.63, 3.8) is 0 Å². The Morgan fingerprint density at radius 1 is 1.24 bits per heavy atom. The normalized spacial score (nSPS) is 10.9. The van der Waals surface area contributed by atoms with Crippen LogP contribution >= 0.6 is 31.9 Å². The Morgan fingerprint density at radius 3 is 2.29 bits per heavy atom. The lowest BCUT2D eigenvalue weighted by atomic mass is 10.2. The van der Waals surface area contributed by atoms with Gasteiger partial charge >= 0.3 is 0 Å². The van der Waals surface area contributed by atoms with Gasteiger partial charge in [0, 0.05) is 6.54 Å². The molecule has 1 aromatic carbocycles. The van der Waals surface area contributed by atoms with E-state index in [0.29, 0.717) is 6.61 Å². The summed E-state index contributed by atoms with van der Waals surface area (Å²) in [6, 6.07) is 3.73.